The van der Waals surface area contributed by atoms with E-state index in [0.29, 0.717) is 11.3 Å². The van der Waals surface area contributed by atoms with Crippen LogP contribution < -0.4 is 10.1 Å². The fraction of sp³-hybridized carbons (Fsp3) is 0.600. The van der Waals surface area contributed by atoms with E-state index in [1.54, 1.807) is 7.11 Å². The van der Waals surface area contributed by atoms with Crippen molar-refractivity contribution in [1.82, 2.24) is 5.32 Å². The summed E-state index contributed by atoms with van der Waals surface area (Å²) in [6.07, 6.45) is 1.22. The van der Waals surface area contributed by atoms with Crippen molar-refractivity contribution in [3.05, 3.63) is 29.8 Å². The molecule has 0 aliphatic rings. The maximum absolute atomic E-state index is 5.46. The number of hydrogen-bond donors (Lipinski definition) is 1. The maximum atomic E-state index is 5.46. The highest BCUT2D eigenvalue weighted by Crippen LogP contribution is 2.29. The van der Waals surface area contributed by atoms with Crippen LogP contribution in [0.3, 0.4) is 0 Å². The second-order valence-corrected chi connectivity index (χ2v) is 5.88. The van der Waals surface area contributed by atoms with E-state index in [-0.39, 0.29) is 0 Å². The van der Waals surface area contributed by atoms with E-state index < -0.39 is 0 Å². The molecule has 0 amide bonds. The molecular formula is C15H25NOS. The van der Waals surface area contributed by atoms with Crippen LogP contribution in [0.2, 0.25) is 0 Å². The first kappa shape index (κ1) is 15.4. The molecule has 0 spiro atoms. The summed E-state index contributed by atoms with van der Waals surface area (Å²) in [4.78, 5) is 0. The number of nitrogens with one attached hydrogen (secondary N) is 1. The first-order valence-electron chi connectivity index (χ1n) is 6.70. The Kier molecular flexibility index (Phi) is 7.21. The van der Waals surface area contributed by atoms with E-state index in [0.717, 1.165) is 18.0 Å². The predicted molar refractivity (Wildman–Crippen MR) is 81.6 cm³/mol. The Bertz CT molecular complexity index is 343. The summed E-state index contributed by atoms with van der Waals surface area (Å²) < 4.78 is 5.46. The summed E-state index contributed by atoms with van der Waals surface area (Å²) >= 11 is 2.02. The van der Waals surface area contributed by atoms with Gasteiger partial charge in [-0.05, 0) is 19.0 Å². The van der Waals surface area contributed by atoms with Crippen molar-refractivity contribution in [2.75, 3.05) is 19.4 Å². The first-order valence-corrected chi connectivity index (χ1v) is 7.75. The number of hydrogen-bond acceptors (Lipinski definition) is 3. The number of benzene rings is 1. The quantitative estimate of drug-likeness (QED) is 0.772. The van der Waals surface area contributed by atoms with Crippen molar-refractivity contribution in [2.24, 2.45) is 0 Å². The van der Waals surface area contributed by atoms with Crippen molar-refractivity contribution in [2.45, 2.75) is 38.5 Å². The molecule has 0 aliphatic heterocycles. The molecule has 2 atom stereocenters. The van der Waals surface area contributed by atoms with Gasteiger partial charge in [-0.25, -0.2) is 0 Å². The molecule has 2 unspecified atom stereocenters. The average molecular weight is 267 g/mol. The van der Waals surface area contributed by atoms with Crippen LogP contribution in [0, 0.1) is 0 Å². The van der Waals surface area contributed by atoms with Crippen LogP contribution in [0.1, 0.15) is 38.8 Å². The van der Waals surface area contributed by atoms with Crippen molar-refractivity contribution in [1.29, 1.82) is 0 Å². The van der Waals surface area contributed by atoms with Crippen LogP contribution >= 0.6 is 11.8 Å². The summed E-state index contributed by atoms with van der Waals surface area (Å²) in [5.41, 5.74) is 1.26. The third-order valence-electron chi connectivity index (χ3n) is 3.09. The van der Waals surface area contributed by atoms with E-state index >= 15 is 0 Å². The highest BCUT2D eigenvalue weighted by molar-refractivity contribution is 7.99. The van der Waals surface area contributed by atoms with Crippen LogP contribution in [-0.4, -0.2) is 24.7 Å². The number of rotatable bonds is 8. The zero-order valence-electron chi connectivity index (χ0n) is 11.9. The minimum Gasteiger partial charge on any atom is -0.496 e. The molecule has 0 saturated heterocycles. The molecule has 102 valence electrons. The molecule has 0 heterocycles. The van der Waals surface area contributed by atoms with Crippen molar-refractivity contribution in [3.63, 3.8) is 0 Å². The highest BCUT2D eigenvalue weighted by atomic mass is 32.2. The summed E-state index contributed by atoms with van der Waals surface area (Å²) in [6, 6.07) is 8.66. The maximum Gasteiger partial charge on any atom is 0.123 e. The third-order valence-corrected chi connectivity index (χ3v) is 4.52. The molecule has 1 rings (SSSR count). The van der Waals surface area contributed by atoms with Crippen LogP contribution in [0.5, 0.6) is 5.75 Å². The largest absolute Gasteiger partial charge is 0.496 e. The first-order chi connectivity index (χ1) is 8.72. The summed E-state index contributed by atoms with van der Waals surface area (Å²) in [5.74, 6) is 2.07. The molecule has 2 nitrogen and oxygen atoms in total. The second-order valence-electron chi connectivity index (χ2n) is 4.40. The van der Waals surface area contributed by atoms with Gasteiger partial charge in [0, 0.05) is 22.6 Å². The van der Waals surface area contributed by atoms with E-state index in [9.17, 15) is 0 Å². The van der Waals surface area contributed by atoms with Gasteiger partial charge in [0.1, 0.15) is 5.75 Å². The summed E-state index contributed by atoms with van der Waals surface area (Å²) in [5, 5.41) is 4.26. The molecule has 0 radical (unpaired) electrons. The van der Waals surface area contributed by atoms with Gasteiger partial charge in [0.15, 0.2) is 0 Å². The van der Waals surface area contributed by atoms with E-state index in [2.05, 4.69) is 38.2 Å². The van der Waals surface area contributed by atoms with Gasteiger partial charge in [0.2, 0.25) is 0 Å². The topological polar surface area (TPSA) is 21.3 Å². The van der Waals surface area contributed by atoms with Crippen LogP contribution in [0.25, 0.3) is 0 Å². The smallest absolute Gasteiger partial charge is 0.123 e. The van der Waals surface area contributed by atoms with Gasteiger partial charge in [0.05, 0.1) is 7.11 Å². The minimum absolute atomic E-state index is 0.366. The number of ether oxygens (including phenoxy) is 1. The Morgan fingerprint density at radius 2 is 2.00 bits per heavy atom. The number of thioether (sulfide) groups is 1. The fourth-order valence-electron chi connectivity index (χ4n) is 1.84. The van der Waals surface area contributed by atoms with Gasteiger partial charge >= 0.3 is 0 Å². The fourth-order valence-corrected chi connectivity index (χ4v) is 2.89. The zero-order valence-corrected chi connectivity index (χ0v) is 12.7. The summed E-state index contributed by atoms with van der Waals surface area (Å²) in [6.45, 7) is 7.65. The van der Waals surface area contributed by atoms with E-state index in [1.165, 1.54) is 12.0 Å². The number of methoxy groups -OCH3 is 1. The van der Waals surface area contributed by atoms with Crippen LogP contribution in [-0.2, 0) is 0 Å². The van der Waals surface area contributed by atoms with Crippen LogP contribution in [0.15, 0.2) is 24.3 Å². The molecule has 1 N–H and O–H groups in total. The standard InChI is InChI=1S/C15H25NOS/c1-5-12(3)18-11-14(16-6-2)13-9-7-8-10-15(13)17-4/h7-10,12,14,16H,5-6,11H2,1-4H3. The molecular weight excluding hydrogens is 242 g/mol. The molecule has 0 saturated carbocycles. The van der Waals surface area contributed by atoms with Gasteiger partial charge in [0.25, 0.3) is 0 Å². The Morgan fingerprint density at radius 3 is 2.61 bits per heavy atom. The molecule has 18 heavy (non-hydrogen) atoms. The lowest BCUT2D eigenvalue weighted by Crippen LogP contribution is -2.24. The number of para-hydroxylation sites is 1. The Labute approximate surface area is 116 Å². The lowest BCUT2D eigenvalue weighted by Gasteiger charge is -2.21. The van der Waals surface area contributed by atoms with Gasteiger partial charge in [-0.2, -0.15) is 11.8 Å². The predicted octanol–water partition coefficient (Wildman–Crippen LogP) is 3.88. The Hall–Kier alpha value is -0.670. The molecule has 0 bridgehead atoms. The Balaban J connectivity index is 2.76. The highest BCUT2D eigenvalue weighted by Gasteiger charge is 2.15. The van der Waals surface area contributed by atoms with Crippen LogP contribution in [0.4, 0.5) is 0 Å². The van der Waals surface area contributed by atoms with E-state index in [4.69, 9.17) is 4.74 Å². The second kappa shape index (κ2) is 8.44. The van der Waals surface area contributed by atoms with Gasteiger partial charge in [-0.15, -0.1) is 0 Å². The molecule has 1 aromatic rings. The van der Waals surface area contributed by atoms with Gasteiger partial charge in [-0.3, -0.25) is 0 Å². The van der Waals surface area contributed by atoms with Crippen molar-refractivity contribution >= 4 is 11.8 Å². The van der Waals surface area contributed by atoms with Gasteiger partial charge in [-0.1, -0.05) is 39.0 Å². The lowest BCUT2D eigenvalue weighted by atomic mass is 10.1. The normalized spacial score (nSPS) is 14.2. The summed E-state index contributed by atoms with van der Waals surface area (Å²) in [7, 11) is 1.74. The molecule has 3 heteroatoms. The monoisotopic (exact) mass is 267 g/mol. The average Bonchev–Trinajstić information content (AvgIpc) is 2.43. The molecule has 0 aliphatic carbocycles. The molecule has 1 aromatic carbocycles. The lowest BCUT2D eigenvalue weighted by molar-refractivity contribution is 0.403. The Morgan fingerprint density at radius 1 is 1.28 bits per heavy atom. The van der Waals surface area contributed by atoms with Crippen molar-refractivity contribution < 1.29 is 4.74 Å². The molecule has 0 aromatic heterocycles. The zero-order chi connectivity index (χ0) is 13.4. The van der Waals surface area contributed by atoms with Crippen molar-refractivity contribution in [3.8, 4) is 5.75 Å². The third kappa shape index (κ3) is 4.54. The SMILES string of the molecule is CCNC(CSC(C)CC)c1ccccc1OC. The molecule has 0 fully saturated rings. The van der Waals surface area contributed by atoms with E-state index in [1.807, 2.05) is 23.9 Å². The minimum atomic E-state index is 0.366. The van der Waals surface area contributed by atoms with Gasteiger partial charge < -0.3 is 10.1 Å².